The van der Waals surface area contributed by atoms with Crippen LogP contribution < -0.4 is 0 Å². The minimum absolute atomic E-state index is 0.241. The molecule has 0 N–H and O–H groups in total. The molecule has 70 valence electrons. The largest absolute Gasteiger partial charge is 0.195 e. The van der Waals surface area contributed by atoms with Crippen LogP contribution in [0, 0.1) is 16.5 Å². The van der Waals surface area contributed by atoms with Crippen molar-refractivity contribution in [1.82, 2.24) is 0 Å². The van der Waals surface area contributed by atoms with E-state index < -0.39 is 0 Å². The molecule has 0 aliphatic heterocycles. The molecule has 0 fully saturated rings. The first-order valence-electron chi connectivity index (χ1n) is 3.92. The van der Waals surface area contributed by atoms with Crippen LogP contribution in [0.1, 0.15) is 5.56 Å². The Balaban J connectivity index is 2.84. The zero-order chi connectivity index (χ0) is 10.1. The monoisotopic (exact) mass is 223 g/mol. The van der Waals surface area contributed by atoms with E-state index in [9.17, 15) is 4.39 Å². The average molecular weight is 223 g/mol. The molecule has 1 heterocycles. The fourth-order valence-corrected chi connectivity index (χ4v) is 2.70. The maximum atomic E-state index is 13.0. The lowest BCUT2D eigenvalue weighted by Crippen LogP contribution is -1.80. The van der Waals surface area contributed by atoms with Crippen LogP contribution in [0.5, 0.6) is 0 Å². The number of hydrogen-bond acceptors (Lipinski definition) is 3. The molecule has 14 heavy (non-hydrogen) atoms. The standard InChI is InChI=1S/C10H6FNS2/c1-13-8-2-3-9-6(7(8)5-12)4-10(11)14-9/h2-4H,1H3. The Morgan fingerprint density at radius 1 is 1.50 bits per heavy atom. The lowest BCUT2D eigenvalue weighted by atomic mass is 10.1. The number of fused-ring (bicyclic) bond motifs is 1. The van der Waals surface area contributed by atoms with Crippen molar-refractivity contribution < 1.29 is 4.39 Å². The zero-order valence-corrected chi connectivity index (χ0v) is 9.01. The predicted octanol–water partition coefficient (Wildman–Crippen LogP) is 3.63. The molecule has 0 atom stereocenters. The minimum atomic E-state index is -0.241. The molecule has 1 aromatic carbocycles. The van der Waals surface area contributed by atoms with Crippen molar-refractivity contribution in [2.45, 2.75) is 4.90 Å². The quantitative estimate of drug-likeness (QED) is 0.689. The SMILES string of the molecule is CSc1ccc2sc(F)cc2c1C#N. The molecule has 0 aliphatic carbocycles. The minimum Gasteiger partial charge on any atom is -0.195 e. The van der Waals surface area contributed by atoms with Gasteiger partial charge < -0.3 is 0 Å². The summed E-state index contributed by atoms with van der Waals surface area (Å²) in [7, 11) is 0. The first kappa shape index (κ1) is 9.50. The van der Waals surface area contributed by atoms with E-state index in [2.05, 4.69) is 6.07 Å². The molecular weight excluding hydrogens is 217 g/mol. The van der Waals surface area contributed by atoms with Gasteiger partial charge in [0.1, 0.15) is 6.07 Å². The summed E-state index contributed by atoms with van der Waals surface area (Å²) >= 11 is 2.58. The highest BCUT2D eigenvalue weighted by atomic mass is 32.2. The molecule has 0 spiro atoms. The van der Waals surface area contributed by atoms with E-state index >= 15 is 0 Å². The first-order valence-corrected chi connectivity index (χ1v) is 5.96. The fourth-order valence-electron chi connectivity index (χ4n) is 1.35. The van der Waals surface area contributed by atoms with Gasteiger partial charge >= 0.3 is 0 Å². The molecule has 1 aromatic heterocycles. The van der Waals surface area contributed by atoms with E-state index in [1.54, 1.807) is 0 Å². The first-order chi connectivity index (χ1) is 6.76. The van der Waals surface area contributed by atoms with Gasteiger partial charge in [-0.25, -0.2) is 0 Å². The van der Waals surface area contributed by atoms with Gasteiger partial charge in [-0.2, -0.15) is 9.65 Å². The third-order valence-electron chi connectivity index (χ3n) is 1.96. The summed E-state index contributed by atoms with van der Waals surface area (Å²) in [5, 5.41) is 9.46. The van der Waals surface area contributed by atoms with E-state index in [4.69, 9.17) is 5.26 Å². The maximum absolute atomic E-state index is 13.0. The van der Waals surface area contributed by atoms with Gasteiger partial charge in [0.15, 0.2) is 5.13 Å². The van der Waals surface area contributed by atoms with E-state index in [0.29, 0.717) is 5.56 Å². The van der Waals surface area contributed by atoms with E-state index in [1.165, 1.54) is 17.8 Å². The summed E-state index contributed by atoms with van der Waals surface area (Å²) in [6, 6.07) is 7.27. The van der Waals surface area contributed by atoms with Gasteiger partial charge in [0, 0.05) is 15.0 Å². The lowest BCUT2D eigenvalue weighted by molar-refractivity contribution is 0.658. The van der Waals surface area contributed by atoms with E-state index in [0.717, 1.165) is 26.3 Å². The fraction of sp³-hybridized carbons (Fsp3) is 0.100. The topological polar surface area (TPSA) is 23.8 Å². The Morgan fingerprint density at radius 3 is 2.93 bits per heavy atom. The summed E-state index contributed by atoms with van der Waals surface area (Å²) in [5.74, 6) is 0. The maximum Gasteiger partial charge on any atom is 0.177 e. The highest BCUT2D eigenvalue weighted by Crippen LogP contribution is 2.32. The highest BCUT2D eigenvalue weighted by molar-refractivity contribution is 7.98. The van der Waals surface area contributed by atoms with Crippen LogP contribution in [0.3, 0.4) is 0 Å². The summed E-state index contributed by atoms with van der Waals surface area (Å²) in [4.78, 5) is 0.901. The average Bonchev–Trinajstić information content (AvgIpc) is 2.56. The third kappa shape index (κ3) is 1.39. The van der Waals surface area contributed by atoms with Crippen molar-refractivity contribution in [2.75, 3.05) is 6.26 Å². The zero-order valence-electron chi connectivity index (χ0n) is 7.37. The smallest absolute Gasteiger partial charge is 0.177 e. The molecule has 4 heteroatoms. The molecule has 0 amide bonds. The van der Waals surface area contributed by atoms with Crippen molar-refractivity contribution in [2.24, 2.45) is 0 Å². The summed E-state index contributed by atoms with van der Waals surface area (Å²) in [6.07, 6.45) is 1.91. The van der Waals surface area contributed by atoms with E-state index in [-0.39, 0.29) is 5.13 Å². The van der Waals surface area contributed by atoms with Gasteiger partial charge in [-0.3, -0.25) is 0 Å². The van der Waals surface area contributed by atoms with E-state index in [1.807, 2.05) is 18.4 Å². The normalized spacial score (nSPS) is 10.4. The third-order valence-corrected chi connectivity index (χ3v) is 3.63. The molecular formula is C10H6FNS2. The molecule has 0 bridgehead atoms. The van der Waals surface area contributed by atoms with Crippen molar-refractivity contribution in [1.29, 1.82) is 5.26 Å². The number of halogens is 1. The summed E-state index contributed by atoms with van der Waals surface area (Å²) < 4.78 is 13.8. The van der Waals surface area contributed by atoms with Crippen molar-refractivity contribution in [3.05, 3.63) is 28.9 Å². The second-order valence-corrected chi connectivity index (χ2v) is 4.60. The van der Waals surface area contributed by atoms with Gasteiger partial charge in [-0.15, -0.1) is 23.1 Å². The van der Waals surface area contributed by atoms with Gasteiger partial charge in [0.2, 0.25) is 0 Å². The Hall–Kier alpha value is -1.05. The molecule has 2 rings (SSSR count). The van der Waals surface area contributed by atoms with Crippen LogP contribution in [-0.2, 0) is 0 Å². The number of hydrogen-bond donors (Lipinski definition) is 0. The van der Waals surface area contributed by atoms with Crippen LogP contribution in [0.4, 0.5) is 4.39 Å². The Kier molecular flexibility index (Phi) is 2.44. The van der Waals surface area contributed by atoms with Crippen molar-refractivity contribution >= 4 is 33.2 Å². The molecule has 0 aliphatic rings. The summed E-state index contributed by atoms with van der Waals surface area (Å²) in [5.41, 5.74) is 0.579. The predicted molar refractivity (Wildman–Crippen MR) is 58.3 cm³/mol. The number of benzene rings is 1. The van der Waals surface area contributed by atoms with Crippen LogP contribution in [0.2, 0.25) is 0 Å². The highest BCUT2D eigenvalue weighted by Gasteiger charge is 2.09. The second-order valence-electron chi connectivity index (χ2n) is 2.72. The Bertz CT molecular complexity index is 525. The van der Waals surface area contributed by atoms with Crippen LogP contribution >= 0.6 is 23.1 Å². The Morgan fingerprint density at radius 2 is 2.29 bits per heavy atom. The molecule has 1 nitrogen and oxygen atoms in total. The van der Waals surface area contributed by atoms with Gasteiger partial charge in [0.25, 0.3) is 0 Å². The second kappa shape index (κ2) is 3.60. The van der Waals surface area contributed by atoms with Gasteiger partial charge in [-0.1, -0.05) is 0 Å². The number of nitrogens with zero attached hydrogens (tertiary/aromatic N) is 1. The number of nitriles is 1. The molecule has 0 radical (unpaired) electrons. The van der Waals surface area contributed by atoms with Crippen LogP contribution in [0.25, 0.3) is 10.1 Å². The molecule has 0 saturated carbocycles. The van der Waals surface area contributed by atoms with Gasteiger partial charge in [-0.05, 0) is 24.5 Å². The Labute approximate surface area is 89.2 Å². The van der Waals surface area contributed by atoms with Crippen LogP contribution in [-0.4, -0.2) is 6.26 Å². The van der Waals surface area contributed by atoms with Crippen LogP contribution in [0.15, 0.2) is 23.1 Å². The number of rotatable bonds is 1. The van der Waals surface area contributed by atoms with Gasteiger partial charge in [0.05, 0.1) is 5.56 Å². The number of thioether (sulfide) groups is 1. The number of thiophene rings is 1. The molecule has 2 aromatic rings. The molecule has 0 unspecified atom stereocenters. The molecule has 0 saturated heterocycles. The summed E-state index contributed by atoms with van der Waals surface area (Å²) in [6.45, 7) is 0. The van der Waals surface area contributed by atoms with Crippen molar-refractivity contribution in [3.63, 3.8) is 0 Å². The van der Waals surface area contributed by atoms with Crippen molar-refractivity contribution in [3.8, 4) is 6.07 Å². The lowest BCUT2D eigenvalue weighted by Gasteiger charge is -1.99.